The molecule has 6 rings (SSSR count). The summed E-state index contributed by atoms with van der Waals surface area (Å²) in [7, 11) is 3.77. The second-order valence-corrected chi connectivity index (χ2v) is 11.7. The summed E-state index contributed by atoms with van der Waals surface area (Å²) in [5.74, 6) is 0.0647. The first kappa shape index (κ1) is 29.0. The molecule has 2 aromatic carbocycles. The Bertz CT molecular complexity index is 1560. The van der Waals surface area contributed by atoms with Gasteiger partial charge in [0, 0.05) is 65.4 Å². The zero-order valence-electron chi connectivity index (χ0n) is 23.6. The van der Waals surface area contributed by atoms with Gasteiger partial charge in [0.15, 0.2) is 0 Å². The van der Waals surface area contributed by atoms with E-state index in [-0.39, 0.29) is 12.1 Å². The third-order valence-corrected chi connectivity index (χ3v) is 8.70. The quantitative estimate of drug-likeness (QED) is 0.283. The van der Waals surface area contributed by atoms with E-state index < -0.39 is 5.38 Å². The van der Waals surface area contributed by atoms with Crippen molar-refractivity contribution in [1.82, 2.24) is 20.2 Å². The number of fused-ring (bicyclic) bond motifs is 3. The number of nitrogens with one attached hydrogen (secondary N) is 2. The van der Waals surface area contributed by atoms with Crippen molar-refractivity contribution < 1.29 is 9.13 Å². The highest BCUT2D eigenvalue weighted by Gasteiger charge is 2.29. The normalized spacial score (nSPS) is 21.3. The van der Waals surface area contributed by atoms with Gasteiger partial charge in [0.2, 0.25) is 5.95 Å². The van der Waals surface area contributed by atoms with Crippen LogP contribution in [0.3, 0.4) is 0 Å². The van der Waals surface area contributed by atoms with Crippen LogP contribution >= 0.6 is 23.2 Å². The summed E-state index contributed by atoms with van der Waals surface area (Å²) in [6.45, 7) is 2.24. The first-order chi connectivity index (χ1) is 20.4. The molecular weight excluding hydrogens is 574 g/mol. The molecule has 7 nitrogen and oxygen atoms in total. The highest BCUT2D eigenvalue weighted by atomic mass is 35.5. The van der Waals surface area contributed by atoms with Gasteiger partial charge in [-0.2, -0.15) is 0 Å². The van der Waals surface area contributed by atoms with E-state index in [1.807, 2.05) is 25.2 Å². The van der Waals surface area contributed by atoms with Crippen molar-refractivity contribution in [1.29, 1.82) is 0 Å². The van der Waals surface area contributed by atoms with E-state index in [0.717, 1.165) is 47.6 Å². The number of benzene rings is 2. The average Bonchev–Trinajstić information content (AvgIpc) is 3.15. The van der Waals surface area contributed by atoms with Crippen molar-refractivity contribution in [2.45, 2.75) is 43.5 Å². The average molecular weight is 608 g/mol. The Labute approximate surface area is 255 Å². The Kier molecular flexibility index (Phi) is 8.70. The van der Waals surface area contributed by atoms with Gasteiger partial charge in [-0.25, -0.2) is 14.4 Å². The summed E-state index contributed by atoms with van der Waals surface area (Å²) in [5.41, 5.74) is 5.87. The molecule has 0 bridgehead atoms. The number of allylic oxidation sites excluding steroid dienone is 4. The third-order valence-electron chi connectivity index (χ3n) is 8.06. The van der Waals surface area contributed by atoms with E-state index in [9.17, 15) is 0 Å². The fourth-order valence-electron chi connectivity index (χ4n) is 5.94. The molecule has 1 aromatic heterocycles. The number of nitrogens with zero attached hydrogens (tertiary/aromatic N) is 4. The van der Waals surface area contributed by atoms with Crippen LogP contribution < -0.4 is 10.6 Å². The number of halogens is 3. The lowest BCUT2D eigenvalue weighted by Crippen LogP contribution is -2.46. The van der Waals surface area contributed by atoms with Crippen LogP contribution in [-0.2, 0) is 11.3 Å². The number of ether oxygens (including phenoxy) is 1. The highest BCUT2D eigenvalue weighted by Crippen LogP contribution is 2.37. The second kappa shape index (κ2) is 12.6. The maximum atomic E-state index is 15.0. The van der Waals surface area contributed by atoms with Crippen LogP contribution in [0.15, 0.2) is 77.2 Å². The Morgan fingerprint density at radius 1 is 1.14 bits per heavy atom. The zero-order chi connectivity index (χ0) is 29.2. The number of alkyl halides is 1. The van der Waals surface area contributed by atoms with Crippen LogP contribution in [0.4, 0.5) is 16.0 Å². The summed E-state index contributed by atoms with van der Waals surface area (Å²) < 4.78 is 20.9. The summed E-state index contributed by atoms with van der Waals surface area (Å²) in [4.78, 5) is 16.6. The van der Waals surface area contributed by atoms with E-state index in [2.05, 4.69) is 32.7 Å². The van der Waals surface area contributed by atoms with Crippen LogP contribution in [0.2, 0.25) is 5.02 Å². The number of methoxy groups -OCH3 is 1. The number of likely N-dealkylation sites (N-methyl/N-ethyl adjacent to an activating group) is 1. The number of likely N-dealkylation sites (tertiary alicyclic amines) is 1. The third kappa shape index (κ3) is 5.87. The predicted octanol–water partition coefficient (Wildman–Crippen LogP) is 6.96. The lowest BCUT2D eigenvalue weighted by atomic mass is 9.91. The summed E-state index contributed by atoms with van der Waals surface area (Å²) >= 11 is 13.0. The molecule has 3 atom stereocenters. The van der Waals surface area contributed by atoms with Gasteiger partial charge in [-0.05, 0) is 62.2 Å². The Morgan fingerprint density at radius 3 is 2.74 bits per heavy atom. The molecule has 0 radical (unpaired) electrons. The van der Waals surface area contributed by atoms with Gasteiger partial charge < -0.3 is 15.4 Å². The largest absolute Gasteiger partial charge is 0.362 e. The number of hydrogen-bond acceptors (Lipinski definition) is 7. The number of anilines is 2. The van der Waals surface area contributed by atoms with E-state index in [1.165, 1.54) is 12.5 Å². The van der Waals surface area contributed by atoms with Gasteiger partial charge in [-0.1, -0.05) is 35.9 Å². The molecule has 3 aliphatic rings. The van der Waals surface area contributed by atoms with E-state index >= 15 is 4.39 Å². The van der Waals surface area contributed by atoms with Crippen LogP contribution in [-0.4, -0.2) is 59.2 Å². The zero-order valence-corrected chi connectivity index (χ0v) is 25.1. The Hall–Kier alpha value is -3.14. The predicted molar refractivity (Wildman–Crippen MR) is 167 cm³/mol. The minimum Gasteiger partial charge on any atom is -0.362 e. The molecule has 1 fully saturated rings. The number of hydrogen-bond donors (Lipinski definition) is 2. The molecule has 3 aromatic rings. The van der Waals surface area contributed by atoms with E-state index in [0.29, 0.717) is 46.8 Å². The maximum absolute atomic E-state index is 15.0. The fourth-order valence-corrected chi connectivity index (χ4v) is 6.42. The fraction of sp³-hybridized carbons (Fsp3) is 0.344. The van der Waals surface area contributed by atoms with Crippen molar-refractivity contribution >= 4 is 40.5 Å². The lowest BCUT2D eigenvalue weighted by Gasteiger charge is -2.37. The van der Waals surface area contributed by atoms with Gasteiger partial charge in [0.25, 0.3) is 0 Å². The maximum Gasteiger partial charge on any atom is 0.227 e. The second-order valence-electron chi connectivity index (χ2n) is 10.7. The smallest absolute Gasteiger partial charge is 0.227 e. The molecule has 218 valence electrons. The highest BCUT2D eigenvalue weighted by molar-refractivity contribution is 6.33. The molecule has 42 heavy (non-hydrogen) atoms. The van der Waals surface area contributed by atoms with Crippen molar-refractivity contribution in [2.24, 2.45) is 4.99 Å². The molecule has 2 aliphatic heterocycles. The van der Waals surface area contributed by atoms with E-state index in [4.69, 9.17) is 37.9 Å². The van der Waals surface area contributed by atoms with Crippen molar-refractivity contribution in [3.05, 3.63) is 93.9 Å². The minimum atomic E-state index is -0.523. The van der Waals surface area contributed by atoms with Crippen LogP contribution in [0.25, 0.3) is 11.3 Å². The summed E-state index contributed by atoms with van der Waals surface area (Å²) in [5, 5.41) is 6.73. The van der Waals surface area contributed by atoms with Crippen molar-refractivity contribution in [2.75, 3.05) is 32.6 Å². The molecule has 1 saturated heterocycles. The number of rotatable bonds is 7. The molecule has 10 heteroatoms. The Morgan fingerprint density at radius 2 is 1.98 bits per heavy atom. The van der Waals surface area contributed by atoms with Crippen LogP contribution in [0.5, 0.6) is 0 Å². The molecular formula is C32H33Cl2FN6O. The van der Waals surface area contributed by atoms with Gasteiger partial charge >= 0.3 is 0 Å². The molecule has 0 spiro atoms. The molecule has 0 amide bonds. The van der Waals surface area contributed by atoms with Gasteiger partial charge in [-0.15, -0.1) is 11.6 Å². The number of aromatic nitrogens is 2. The van der Waals surface area contributed by atoms with Gasteiger partial charge in [0.05, 0.1) is 23.3 Å². The molecule has 3 unspecified atom stereocenters. The van der Waals surface area contributed by atoms with Gasteiger partial charge in [0.1, 0.15) is 12.1 Å². The van der Waals surface area contributed by atoms with Crippen LogP contribution in [0.1, 0.15) is 42.2 Å². The SMILES string of the molecule is CNC1CCCN(C(OC)c2ccc(Nc3ncc4c(n3)-c3ccc(Cl)cc3C(C3=C(F)C=CCC3Cl)=NC4)cc2)C1. The van der Waals surface area contributed by atoms with Crippen molar-refractivity contribution in [3.63, 3.8) is 0 Å². The summed E-state index contributed by atoms with van der Waals surface area (Å²) in [6, 6.07) is 14.1. The number of piperidine rings is 1. The molecule has 0 saturated carbocycles. The van der Waals surface area contributed by atoms with Crippen LogP contribution in [0, 0.1) is 0 Å². The standard InChI is InChI=1S/C32H33Cl2FN6O/c1-36-23-5-4-14-41(18-23)31(42-2)19-8-11-22(12-9-19)39-32-38-17-20-16-37-30(28-26(34)6-3-7-27(28)35)25-15-21(33)10-13-24(25)29(20)40-32/h3,7-13,15,17,23,26,31,36H,4-6,14,16,18H2,1-2H3,(H,38,39,40). The monoisotopic (exact) mass is 606 g/mol. The molecule has 1 aliphatic carbocycles. The first-order valence-corrected chi connectivity index (χ1v) is 15.0. The number of aliphatic imine (C=N–C) groups is 1. The van der Waals surface area contributed by atoms with Gasteiger partial charge in [-0.3, -0.25) is 9.89 Å². The lowest BCUT2D eigenvalue weighted by molar-refractivity contribution is -0.0492. The molecule has 3 heterocycles. The van der Waals surface area contributed by atoms with E-state index in [1.54, 1.807) is 31.5 Å². The first-order valence-electron chi connectivity index (χ1n) is 14.2. The topological polar surface area (TPSA) is 74.7 Å². The molecule has 2 N–H and O–H groups in total. The van der Waals surface area contributed by atoms with Crippen molar-refractivity contribution in [3.8, 4) is 11.3 Å². The minimum absolute atomic E-state index is 0.108. The Balaban J connectivity index is 1.27. The summed E-state index contributed by atoms with van der Waals surface area (Å²) in [6.07, 6.45) is 7.69.